The fourth-order valence-corrected chi connectivity index (χ4v) is 3.24. The van der Waals surface area contributed by atoms with E-state index in [1.165, 1.54) is 0 Å². The molecule has 0 bridgehead atoms. The lowest BCUT2D eigenvalue weighted by Gasteiger charge is -2.26. The minimum absolute atomic E-state index is 0.0343. The van der Waals surface area contributed by atoms with Crippen molar-refractivity contribution < 1.29 is 19.1 Å². The maximum absolute atomic E-state index is 12.4. The first-order chi connectivity index (χ1) is 13.1. The second kappa shape index (κ2) is 9.48. The van der Waals surface area contributed by atoms with Crippen LogP contribution in [0.15, 0.2) is 30.3 Å². The summed E-state index contributed by atoms with van der Waals surface area (Å²) in [7, 11) is 0. The number of morpholine rings is 1. The van der Waals surface area contributed by atoms with Gasteiger partial charge in [0.2, 0.25) is 5.91 Å². The van der Waals surface area contributed by atoms with Gasteiger partial charge in [-0.15, -0.1) is 0 Å². The molecule has 0 saturated carbocycles. The van der Waals surface area contributed by atoms with Gasteiger partial charge in [-0.25, -0.2) is 4.79 Å². The van der Waals surface area contributed by atoms with Gasteiger partial charge in [0.1, 0.15) is 6.04 Å². The van der Waals surface area contributed by atoms with E-state index >= 15 is 0 Å². The Bertz CT molecular complexity index is 661. The molecule has 1 aromatic rings. The Morgan fingerprint density at radius 1 is 1.19 bits per heavy atom. The van der Waals surface area contributed by atoms with Gasteiger partial charge in [0.25, 0.3) is 5.91 Å². The number of ether oxygens (including phenoxy) is 1. The van der Waals surface area contributed by atoms with Crippen molar-refractivity contribution >= 4 is 17.8 Å². The highest BCUT2D eigenvalue weighted by Gasteiger charge is 2.38. The van der Waals surface area contributed by atoms with Gasteiger partial charge in [-0.3, -0.25) is 19.4 Å². The van der Waals surface area contributed by atoms with Gasteiger partial charge in [0.15, 0.2) is 0 Å². The largest absolute Gasteiger partial charge is 0.379 e. The van der Waals surface area contributed by atoms with Crippen LogP contribution >= 0.6 is 0 Å². The summed E-state index contributed by atoms with van der Waals surface area (Å²) in [6.45, 7) is 5.04. The molecule has 0 spiro atoms. The Balaban J connectivity index is 1.39. The maximum Gasteiger partial charge on any atom is 0.325 e. The summed E-state index contributed by atoms with van der Waals surface area (Å²) in [6.07, 6.45) is 0.810. The van der Waals surface area contributed by atoms with Crippen LogP contribution in [0.3, 0.4) is 0 Å². The Kier molecular flexibility index (Phi) is 6.78. The molecule has 4 amide bonds. The fourth-order valence-electron chi connectivity index (χ4n) is 3.24. The van der Waals surface area contributed by atoms with Crippen molar-refractivity contribution in [1.29, 1.82) is 0 Å². The van der Waals surface area contributed by atoms with E-state index in [4.69, 9.17) is 4.74 Å². The van der Waals surface area contributed by atoms with Crippen LogP contribution in [-0.4, -0.2) is 73.1 Å². The summed E-state index contributed by atoms with van der Waals surface area (Å²) < 4.78 is 5.30. The SMILES string of the molecule is O=C(C[C@H]1NC(=O)N(Cc2ccccc2)C1=O)NCCCN1CCOCC1. The van der Waals surface area contributed by atoms with Gasteiger partial charge in [0.05, 0.1) is 26.2 Å². The van der Waals surface area contributed by atoms with E-state index < -0.39 is 12.1 Å². The van der Waals surface area contributed by atoms with Gasteiger partial charge in [-0.1, -0.05) is 30.3 Å². The number of rotatable bonds is 8. The number of benzene rings is 1. The molecule has 1 atom stereocenters. The standard InChI is InChI=1S/C19H26N4O4/c24-17(20-7-4-8-22-9-11-27-12-10-22)13-16-18(25)23(19(26)21-16)14-15-5-2-1-3-6-15/h1-3,5-6,16H,4,7-14H2,(H,20,24)(H,21,26)/t16-/m1/s1. The first-order valence-electron chi connectivity index (χ1n) is 9.36. The summed E-state index contributed by atoms with van der Waals surface area (Å²) in [5, 5.41) is 5.43. The van der Waals surface area contributed by atoms with Crippen LogP contribution in [0.1, 0.15) is 18.4 Å². The molecular weight excluding hydrogens is 348 g/mol. The lowest BCUT2D eigenvalue weighted by Crippen LogP contribution is -2.39. The van der Waals surface area contributed by atoms with E-state index in [9.17, 15) is 14.4 Å². The van der Waals surface area contributed by atoms with Crippen LogP contribution in [0, 0.1) is 0 Å². The van der Waals surface area contributed by atoms with Gasteiger partial charge in [0, 0.05) is 19.6 Å². The zero-order valence-corrected chi connectivity index (χ0v) is 15.4. The molecule has 8 heteroatoms. The Morgan fingerprint density at radius 2 is 1.93 bits per heavy atom. The molecule has 2 aliphatic heterocycles. The second-order valence-corrected chi connectivity index (χ2v) is 6.77. The third-order valence-corrected chi connectivity index (χ3v) is 4.76. The minimum atomic E-state index is -0.791. The maximum atomic E-state index is 12.4. The molecule has 27 heavy (non-hydrogen) atoms. The van der Waals surface area contributed by atoms with Gasteiger partial charge >= 0.3 is 6.03 Å². The molecule has 0 aliphatic carbocycles. The van der Waals surface area contributed by atoms with Crippen molar-refractivity contribution in [3.63, 3.8) is 0 Å². The van der Waals surface area contributed by atoms with E-state index in [2.05, 4.69) is 15.5 Å². The smallest absolute Gasteiger partial charge is 0.325 e. The third kappa shape index (κ3) is 5.51. The Morgan fingerprint density at radius 3 is 2.67 bits per heavy atom. The molecule has 0 aromatic heterocycles. The highest BCUT2D eigenvalue weighted by molar-refractivity contribution is 6.05. The first-order valence-corrected chi connectivity index (χ1v) is 9.36. The number of carbonyl (C=O) groups excluding carboxylic acids is 3. The molecule has 2 fully saturated rings. The van der Waals surface area contributed by atoms with Crippen LogP contribution in [0.4, 0.5) is 4.79 Å². The fraction of sp³-hybridized carbons (Fsp3) is 0.526. The molecular formula is C19H26N4O4. The Hall–Kier alpha value is -2.45. The van der Waals surface area contributed by atoms with Crippen LogP contribution in [0.5, 0.6) is 0 Å². The molecule has 8 nitrogen and oxygen atoms in total. The Labute approximate surface area is 158 Å². The highest BCUT2D eigenvalue weighted by Crippen LogP contribution is 2.14. The monoisotopic (exact) mass is 374 g/mol. The van der Waals surface area contributed by atoms with Crippen molar-refractivity contribution in [1.82, 2.24) is 20.4 Å². The van der Waals surface area contributed by atoms with Crippen LogP contribution in [0.2, 0.25) is 0 Å². The molecule has 2 aliphatic rings. The lowest BCUT2D eigenvalue weighted by molar-refractivity contribution is -0.131. The summed E-state index contributed by atoms with van der Waals surface area (Å²) in [5.74, 6) is -0.579. The van der Waals surface area contributed by atoms with Crippen molar-refractivity contribution in [3.8, 4) is 0 Å². The number of imide groups is 1. The summed E-state index contributed by atoms with van der Waals surface area (Å²) in [6, 6.07) is 8.06. The van der Waals surface area contributed by atoms with E-state index in [1.807, 2.05) is 30.3 Å². The van der Waals surface area contributed by atoms with Crippen molar-refractivity contribution in [2.75, 3.05) is 39.4 Å². The highest BCUT2D eigenvalue weighted by atomic mass is 16.5. The van der Waals surface area contributed by atoms with Gasteiger partial charge in [-0.2, -0.15) is 0 Å². The number of urea groups is 1. The molecule has 146 valence electrons. The molecule has 2 N–H and O–H groups in total. The van der Waals surface area contributed by atoms with Gasteiger partial charge < -0.3 is 15.4 Å². The number of carbonyl (C=O) groups is 3. The molecule has 1 aromatic carbocycles. The molecule has 0 radical (unpaired) electrons. The molecule has 0 unspecified atom stereocenters. The van der Waals surface area contributed by atoms with Crippen LogP contribution < -0.4 is 10.6 Å². The topological polar surface area (TPSA) is 91.0 Å². The van der Waals surface area contributed by atoms with Gasteiger partial charge in [-0.05, 0) is 18.5 Å². The molecule has 3 rings (SSSR count). The predicted octanol–water partition coefficient (Wildman–Crippen LogP) is 0.336. The lowest BCUT2D eigenvalue weighted by atomic mass is 10.1. The number of nitrogens with zero attached hydrogens (tertiary/aromatic N) is 2. The molecule has 2 saturated heterocycles. The van der Waals surface area contributed by atoms with E-state index in [0.29, 0.717) is 6.54 Å². The van der Waals surface area contributed by atoms with Crippen molar-refractivity contribution in [2.45, 2.75) is 25.4 Å². The van der Waals surface area contributed by atoms with Crippen molar-refractivity contribution in [3.05, 3.63) is 35.9 Å². The number of hydrogen-bond donors (Lipinski definition) is 2. The third-order valence-electron chi connectivity index (χ3n) is 4.76. The summed E-state index contributed by atoms with van der Waals surface area (Å²) in [4.78, 5) is 40.1. The second-order valence-electron chi connectivity index (χ2n) is 6.77. The summed E-state index contributed by atoms with van der Waals surface area (Å²) >= 11 is 0. The van der Waals surface area contributed by atoms with Crippen LogP contribution in [0.25, 0.3) is 0 Å². The van der Waals surface area contributed by atoms with E-state index in [1.54, 1.807) is 0 Å². The van der Waals surface area contributed by atoms with Crippen LogP contribution in [-0.2, 0) is 20.9 Å². The number of nitrogens with one attached hydrogen (secondary N) is 2. The average Bonchev–Trinajstić information content (AvgIpc) is 2.94. The number of hydrogen-bond acceptors (Lipinski definition) is 5. The average molecular weight is 374 g/mol. The van der Waals surface area contributed by atoms with E-state index in [0.717, 1.165) is 49.7 Å². The first kappa shape index (κ1) is 19.3. The number of amides is 4. The normalized spacial score (nSPS) is 20.6. The van der Waals surface area contributed by atoms with Crippen molar-refractivity contribution in [2.24, 2.45) is 0 Å². The quantitative estimate of drug-likeness (QED) is 0.506. The minimum Gasteiger partial charge on any atom is -0.379 e. The molecule has 2 heterocycles. The van der Waals surface area contributed by atoms with E-state index in [-0.39, 0.29) is 24.8 Å². The summed E-state index contributed by atoms with van der Waals surface area (Å²) in [5.41, 5.74) is 0.870. The predicted molar refractivity (Wildman–Crippen MR) is 98.8 cm³/mol. The zero-order chi connectivity index (χ0) is 19.1. The zero-order valence-electron chi connectivity index (χ0n) is 15.4.